The van der Waals surface area contributed by atoms with Crippen LogP contribution in [0, 0.1) is 10.8 Å². The largest absolute Gasteiger partial charge is 0.504 e. The number of aromatic nitrogens is 1. The van der Waals surface area contributed by atoms with Gasteiger partial charge >= 0.3 is 0 Å². The van der Waals surface area contributed by atoms with Crippen LogP contribution < -0.4 is 4.74 Å². The lowest BCUT2D eigenvalue weighted by Crippen LogP contribution is -2.33. The number of pyridine rings is 1. The number of nitrogens with zero attached hydrogens (tertiary/aromatic N) is 1. The Morgan fingerprint density at radius 2 is 1.38 bits per heavy atom. The molecule has 2 aliphatic rings. The van der Waals surface area contributed by atoms with Crippen LogP contribution in [0.2, 0.25) is 0 Å². The Morgan fingerprint density at radius 1 is 0.862 bits per heavy atom. The molecule has 1 heterocycles. The van der Waals surface area contributed by atoms with Gasteiger partial charge in [-0.05, 0) is 41.4 Å². The lowest BCUT2D eigenvalue weighted by molar-refractivity contribution is 0.0907. The highest BCUT2D eigenvalue weighted by Gasteiger charge is 2.40. The van der Waals surface area contributed by atoms with Crippen LogP contribution in [0.1, 0.15) is 72.6 Å². The lowest BCUT2D eigenvalue weighted by atomic mass is 9.69. The summed E-state index contributed by atoms with van der Waals surface area (Å²) in [6.07, 6.45) is 2.22. The van der Waals surface area contributed by atoms with E-state index in [1.807, 2.05) is 0 Å². The number of ether oxygens (including phenoxy) is 1. The van der Waals surface area contributed by atoms with E-state index in [1.54, 1.807) is 18.2 Å². The van der Waals surface area contributed by atoms with Crippen LogP contribution in [0.5, 0.6) is 11.5 Å². The number of hydrogen-bond acceptors (Lipinski definition) is 5. The maximum Gasteiger partial charge on any atom is 0.165 e. The number of rotatable bonds is 2. The highest BCUT2D eigenvalue weighted by Crippen LogP contribution is 2.45. The third kappa shape index (κ3) is 3.33. The van der Waals surface area contributed by atoms with Crippen LogP contribution in [-0.2, 0) is 12.8 Å². The molecule has 2 aromatic rings. The number of phenolic OH excluding ortho intramolecular Hbond substituents is 1. The van der Waals surface area contributed by atoms with Gasteiger partial charge in [-0.3, -0.25) is 14.6 Å². The molecule has 0 radical (unpaired) electrons. The Hall–Kier alpha value is -2.69. The van der Waals surface area contributed by atoms with Crippen LogP contribution in [0.3, 0.4) is 0 Å². The molecule has 0 spiro atoms. The molecule has 5 heteroatoms. The normalized spacial score (nSPS) is 19.5. The van der Waals surface area contributed by atoms with Gasteiger partial charge in [-0.1, -0.05) is 33.8 Å². The first-order valence-corrected chi connectivity index (χ1v) is 10.0. The average molecular weight is 393 g/mol. The quantitative estimate of drug-likeness (QED) is 0.795. The molecule has 29 heavy (non-hydrogen) atoms. The number of carbonyl (C=O) groups is 2. The van der Waals surface area contributed by atoms with Crippen molar-refractivity contribution in [1.29, 1.82) is 0 Å². The van der Waals surface area contributed by atoms with Crippen molar-refractivity contribution in [2.45, 2.75) is 53.4 Å². The topological polar surface area (TPSA) is 76.5 Å². The SMILES string of the molecule is COc1cc(-c2c3c(nc4c2C(=O)CC(C)(C)C4)CC(C)(C)CC3=O)ccc1O. The number of phenols is 1. The summed E-state index contributed by atoms with van der Waals surface area (Å²) < 4.78 is 5.28. The zero-order valence-electron chi connectivity index (χ0n) is 17.7. The smallest absolute Gasteiger partial charge is 0.165 e. The van der Waals surface area contributed by atoms with Gasteiger partial charge in [0.2, 0.25) is 0 Å². The minimum atomic E-state index is -0.163. The standard InChI is InChI=1S/C24H27NO4/c1-23(2)9-14-21(17(27)11-23)20(13-6-7-16(26)19(8-13)29-5)22-15(25-14)10-24(3,4)12-18(22)28/h6-8,26H,9-12H2,1-5H3. The zero-order chi connectivity index (χ0) is 21.1. The maximum absolute atomic E-state index is 13.2. The van der Waals surface area contributed by atoms with E-state index >= 15 is 0 Å². The molecule has 0 fully saturated rings. The molecular weight excluding hydrogens is 366 g/mol. The third-order valence-electron chi connectivity index (χ3n) is 5.94. The van der Waals surface area contributed by atoms with Crippen molar-refractivity contribution >= 4 is 11.6 Å². The molecule has 1 aromatic carbocycles. The van der Waals surface area contributed by atoms with Crippen molar-refractivity contribution in [3.8, 4) is 22.6 Å². The first kappa shape index (κ1) is 19.6. The molecule has 2 aliphatic carbocycles. The monoisotopic (exact) mass is 393 g/mol. The van der Waals surface area contributed by atoms with Gasteiger partial charge in [0.15, 0.2) is 23.1 Å². The molecule has 0 saturated heterocycles. The molecule has 152 valence electrons. The Labute approximate surface area is 171 Å². The second-order valence-electron chi connectivity index (χ2n) is 9.90. The summed E-state index contributed by atoms with van der Waals surface area (Å²) in [7, 11) is 1.48. The van der Waals surface area contributed by atoms with Crippen molar-refractivity contribution in [3.05, 3.63) is 40.7 Å². The second kappa shape index (κ2) is 6.41. The highest BCUT2D eigenvalue weighted by molar-refractivity contribution is 6.12. The molecule has 0 saturated carbocycles. The van der Waals surface area contributed by atoms with Crippen LogP contribution in [-0.4, -0.2) is 28.8 Å². The van der Waals surface area contributed by atoms with Gasteiger partial charge in [-0.25, -0.2) is 0 Å². The van der Waals surface area contributed by atoms with Crippen molar-refractivity contribution in [2.24, 2.45) is 10.8 Å². The number of Topliss-reactive ketones (excluding diaryl/α,β-unsaturated/α-hetero) is 2. The second-order valence-corrected chi connectivity index (χ2v) is 9.90. The summed E-state index contributed by atoms with van der Waals surface area (Å²) in [4.78, 5) is 31.3. The molecule has 4 rings (SSSR count). The zero-order valence-corrected chi connectivity index (χ0v) is 17.7. The maximum atomic E-state index is 13.2. The van der Waals surface area contributed by atoms with E-state index in [2.05, 4.69) is 27.7 Å². The molecule has 0 amide bonds. The van der Waals surface area contributed by atoms with Crippen molar-refractivity contribution in [2.75, 3.05) is 7.11 Å². The predicted octanol–water partition coefficient (Wildman–Crippen LogP) is 4.77. The first-order chi connectivity index (χ1) is 13.5. The van der Waals surface area contributed by atoms with Crippen molar-refractivity contribution < 1.29 is 19.4 Å². The van der Waals surface area contributed by atoms with Crippen LogP contribution in [0.25, 0.3) is 11.1 Å². The highest BCUT2D eigenvalue weighted by atomic mass is 16.5. The molecule has 0 unspecified atom stereocenters. The minimum Gasteiger partial charge on any atom is -0.504 e. The Kier molecular flexibility index (Phi) is 4.34. The van der Waals surface area contributed by atoms with E-state index in [9.17, 15) is 14.7 Å². The Morgan fingerprint density at radius 3 is 1.86 bits per heavy atom. The number of carbonyl (C=O) groups excluding carboxylic acids is 2. The van der Waals surface area contributed by atoms with Crippen LogP contribution in [0.15, 0.2) is 18.2 Å². The number of aromatic hydroxyl groups is 1. The number of ketones is 2. The van der Waals surface area contributed by atoms with Gasteiger partial charge in [-0.2, -0.15) is 0 Å². The summed E-state index contributed by atoms with van der Waals surface area (Å²) >= 11 is 0. The summed E-state index contributed by atoms with van der Waals surface area (Å²) in [5.41, 5.74) is 3.70. The van der Waals surface area contributed by atoms with E-state index < -0.39 is 0 Å². The van der Waals surface area contributed by atoms with E-state index in [1.165, 1.54) is 7.11 Å². The van der Waals surface area contributed by atoms with E-state index in [0.29, 0.717) is 53.7 Å². The molecule has 0 bridgehead atoms. The molecular formula is C24H27NO4. The average Bonchev–Trinajstić information content (AvgIpc) is 2.58. The fourth-order valence-corrected chi connectivity index (χ4v) is 4.74. The summed E-state index contributed by atoms with van der Waals surface area (Å²) in [6.45, 7) is 8.31. The fraction of sp³-hybridized carbons (Fsp3) is 0.458. The predicted molar refractivity (Wildman–Crippen MR) is 111 cm³/mol. The molecule has 0 atom stereocenters. The van der Waals surface area contributed by atoms with Gasteiger partial charge in [0, 0.05) is 29.5 Å². The lowest BCUT2D eigenvalue weighted by Gasteiger charge is -2.35. The Bertz CT molecular complexity index is 995. The number of fused-ring (bicyclic) bond motifs is 2. The Balaban J connectivity index is 2.06. The number of methoxy groups -OCH3 is 1. The van der Waals surface area contributed by atoms with Crippen LogP contribution in [0.4, 0.5) is 0 Å². The molecule has 0 aliphatic heterocycles. The fourth-order valence-electron chi connectivity index (χ4n) is 4.74. The van der Waals surface area contributed by atoms with Crippen molar-refractivity contribution in [3.63, 3.8) is 0 Å². The van der Waals surface area contributed by atoms with Gasteiger partial charge in [0.25, 0.3) is 0 Å². The first-order valence-electron chi connectivity index (χ1n) is 10.0. The van der Waals surface area contributed by atoms with Crippen LogP contribution >= 0.6 is 0 Å². The summed E-state index contributed by atoms with van der Waals surface area (Å²) in [5.74, 6) is 0.374. The summed E-state index contributed by atoms with van der Waals surface area (Å²) in [5, 5.41) is 10.0. The third-order valence-corrected chi connectivity index (χ3v) is 5.94. The minimum absolute atomic E-state index is 0.0197. The number of hydrogen-bond donors (Lipinski definition) is 1. The summed E-state index contributed by atoms with van der Waals surface area (Å²) in [6, 6.07) is 4.99. The van der Waals surface area contributed by atoms with E-state index in [-0.39, 0.29) is 28.1 Å². The molecule has 1 N–H and O–H groups in total. The van der Waals surface area contributed by atoms with Gasteiger partial charge in [0.1, 0.15) is 0 Å². The molecule has 1 aromatic heterocycles. The van der Waals surface area contributed by atoms with Gasteiger partial charge in [-0.15, -0.1) is 0 Å². The van der Waals surface area contributed by atoms with E-state index in [4.69, 9.17) is 9.72 Å². The van der Waals surface area contributed by atoms with Gasteiger partial charge < -0.3 is 9.84 Å². The number of benzene rings is 1. The van der Waals surface area contributed by atoms with Gasteiger partial charge in [0.05, 0.1) is 18.5 Å². The van der Waals surface area contributed by atoms with Crippen molar-refractivity contribution in [1.82, 2.24) is 4.98 Å². The molecule has 5 nitrogen and oxygen atoms in total. The van der Waals surface area contributed by atoms with E-state index in [0.717, 1.165) is 11.4 Å².